The smallest absolute Gasteiger partial charge is 0.359 e. The summed E-state index contributed by atoms with van der Waals surface area (Å²) in [5, 5.41) is 0. The van der Waals surface area contributed by atoms with Crippen LogP contribution in [0.3, 0.4) is 0 Å². The van der Waals surface area contributed by atoms with Crippen molar-refractivity contribution in [3.8, 4) is 0 Å². The molecule has 0 amide bonds. The molecule has 2 aromatic rings. The maximum absolute atomic E-state index is 13.6. The van der Waals surface area contributed by atoms with Crippen molar-refractivity contribution in [2.75, 3.05) is 13.3 Å². The Labute approximate surface area is 115 Å². The Bertz CT molecular complexity index is 584. The van der Waals surface area contributed by atoms with Crippen molar-refractivity contribution in [1.82, 2.24) is 9.55 Å². The fourth-order valence-electron chi connectivity index (χ4n) is 1.96. The SMILES string of the molecule is CCOC(=O)c1c(F)ncn1[C@H](CF)c1ccccc1. The average molecular weight is 280 g/mol. The molecule has 0 aliphatic heterocycles. The summed E-state index contributed by atoms with van der Waals surface area (Å²) in [6.45, 7) is 0.932. The predicted octanol–water partition coefficient (Wildman–Crippen LogP) is 2.76. The van der Waals surface area contributed by atoms with Crippen LogP contribution in [0.25, 0.3) is 0 Å². The lowest BCUT2D eigenvalue weighted by molar-refractivity contribution is 0.0505. The van der Waals surface area contributed by atoms with Crippen LogP contribution in [0.15, 0.2) is 36.7 Å². The van der Waals surface area contributed by atoms with Crippen molar-refractivity contribution in [3.05, 3.63) is 53.9 Å². The summed E-state index contributed by atoms with van der Waals surface area (Å²) in [5.41, 5.74) is 0.260. The molecule has 0 unspecified atom stereocenters. The number of imidazole rings is 1. The van der Waals surface area contributed by atoms with Crippen LogP contribution < -0.4 is 0 Å². The third kappa shape index (κ3) is 2.68. The Hall–Kier alpha value is -2.24. The number of ether oxygens (including phenoxy) is 1. The zero-order valence-electron chi connectivity index (χ0n) is 10.9. The molecule has 0 radical (unpaired) electrons. The monoisotopic (exact) mass is 280 g/mol. The number of carbonyl (C=O) groups excluding carboxylic acids is 1. The van der Waals surface area contributed by atoms with E-state index in [0.717, 1.165) is 6.33 Å². The van der Waals surface area contributed by atoms with Crippen LogP contribution in [0.5, 0.6) is 0 Å². The van der Waals surface area contributed by atoms with Crippen molar-refractivity contribution in [2.45, 2.75) is 13.0 Å². The van der Waals surface area contributed by atoms with E-state index in [1.807, 2.05) is 0 Å². The van der Waals surface area contributed by atoms with Crippen molar-refractivity contribution in [2.24, 2.45) is 0 Å². The molecule has 4 nitrogen and oxygen atoms in total. The molecule has 0 saturated carbocycles. The van der Waals surface area contributed by atoms with Gasteiger partial charge in [0.1, 0.15) is 6.67 Å². The Morgan fingerprint density at radius 3 is 2.70 bits per heavy atom. The number of hydrogen-bond donors (Lipinski definition) is 0. The molecule has 0 bridgehead atoms. The van der Waals surface area contributed by atoms with Crippen LogP contribution in [0.2, 0.25) is 0 Å². The molecule has 1 aromatic carbocycles. The van der Waals surface area contributed by atoms with Gasteiger partial charge >= 0.3 is 5.97 Å². The van der Waals surface area contributed by atoms with Gasteiger partial charge < -0.3 is 9.30 Å². The molecule has 0 aliphatic rings. The molecule has 2 rings (SSSR count). The first-order valence-electron chi connectivity index (χ1n) is 6.19. The maximum Gasteiger partial charge on any atom is 0.359 e. The highest BCUT2D eigenvalue weighted by atomic mass is 19.1. The van der Waals surface area contributed by atoms with E-state index in [1.54, 1.807) is 37.3 Å². The molecule has 6 heteroatoms. The summed E-state index contributed by atoms with van der Waals surface area (Å²) < 4.78 is 32.9. The van der Waals surface area contributed by atoms with Crippen molar-refractivity contribution >= 4 is 5.97 Å². The number of carbonyl (C=O) groups is 1. The van der Waals surface area contributed by atoms with Crippen LogP contribution in [-0.2, 0) is 4.74 Å². The standard InChI is InChI=1S/C14H14F2N2O2/c1-2-20-14(19)12-13(16)17-9-18(12)11(8-15)10-6-4-3-5-7-10/h3-7,9,11H,2,8H2,1H3/t11-/m1/s1. The number of aromatic nitrogens is 2. The molecule has 0 fully saturated rings. The second-order valence-corrected chi connectivity index (χ2v) is 4.09. The van der Waals surface area contributed by atoms with E-state index in [1.165, 1.54) is 4.57 Å². The van der Waals surface area contributed by atoms with Gasteiger partial charge in [-0.1, -0.05) is 30.3 Å². The second-order valence-electron chi connectivity index (χ2n) is 4.09. The molecule has 0 N–H and O–H groups in total. The van der Waals surface area contributed by atoms with Crippen molar-refractivity contribution in [3.63, 3.8) is 0 Å². The first-order valence-corrected chi connectivity index (χ1v) is 6.19. The van der Waals surface area contributed by atoms with E-state index in [4.69, 9.17) is 4.74 Å². The fraction of sp³-hybridized carbons (Fsp3) is 0.286. The Morgan fingerprint density at radius 2 is 2.10 bits per heavy atom. The van der Waals surface area contributed by atoms with Gasteiger partial charge in [0.25, 0.3) is 0 Å². The summed E-state index contributed by atoms with van der Waals surface area (Å²) in [7, 11) is 0. The van der Waals surface area contributed by atoms with Crippen LogP contribution in [0.4, 0.5) is 8.78 Å². The third-order valence-electron chi connectivity index (χ3n) is 2.88. The first kappa shape index (κ1) is 14.2. The zero-order valence-corrected chi connectivity index (χ0v) is 10.9. The van der Waals surface area contributed by atoms with E-state index in [2.05, 4.69) is 4.98 Å². The van der Waals surface area contributed by atoms with E-state index in [-0.39, 0.29) is 12.3 Å². The molecule has 0 aliphatic carbocycles. The van der Waals surface area contributed by atoms with Gasteiger partial charge in [-0.3, -0.25) is 0 Å². The zero-order chi connectivity index (χ0) is 14.5. The molecule has 20 heavy (non-hydrogen) atoms. The quantitative estimate of drug-likeness (QED) is 0.791. The summed E-state index contributed by atoms with van der Waals surface area (Å²) >= 11 is 0. The van der Waals surface area contributed by atoms with Gasteiger partial charge in [-0.2, -0.15) is 4.39 Å². The number of hydrogen-bond acceptors (Lipinski definition) is 3. The molecule has 1 aromatic heterocycles. The average Bonchev–Trinajstić information content (AvgIpc) is 2.83. The number of nitrogens with zero attached hydrogens (tertiary/aromatic N) is 2. The normalized spacial score (nSPS) is 12.2. The fourth-order valence-corrected chi connectivity index (χ4v) is 1.96. The largest absolute Gasteiger partial charge is 0.461 e. The highest BCUT2D eigenvalue weighted by Crippen LogP contribution is 2.22. The third-order valence-corrected chi connectivity index (χ3v) is 2.88. The summed E-state index contributed by atoms with van der Waals surface area (Å²) in [6, 6.07) is 7.88. The molecule has 0 spiro atoms. The van der Waals surface area contributed by atoms with Gasteiger partial charge in [0, 0.05) is 0 Å². The lowest BCUT2D eigenvalue weighted by Crippen LogP contribution is -2.19. The van der Waals surface area contributed by atoms with Gasteiger partial charge in [0.05, 0.1) is 19.0 Å². The van der Waals surface area contributed by atoms with Gasteiger partial charge in [-0.25, -0.2) is 14.2 Å². The Morgan fingerprint density at radius 1 is 1.40 bits per heavy atom. The van der Waals surface area contributed by atoms with E-state index >= 15 is 0 Å². The minimum Gasteiger partial charge on any atom is -0.461 e. The number of benzene rings is 1. The minimum atomic E-state index is -0.960. The number of esters is 1. The second kappa shape index (κ2) is 6.27. The first-order chi connectivity index (χ1) is 9.69. The van der Waals surface area contributed by atoms with E-state index in [9.17, 15) is 13.6 Å². The topological polar surface area (TPSA) is 44.1 Å². The summed E-state index contributed by atoms with van der Waals surface area (Å²) in [5.74, 6) is -1.81. The summed E-state index contributed by atoms with van der Waals surface area (Å²) in [6.07, 6.45) is 1.11. The Balaban J connectivity index is 2.43. The minimum absolute atomic E-state index is 0.106. The number of rotatable bonds is 5. The molecule has 1 heterocycles. The van der Waals surface area contributed by atoms with Crippen molar-refractivity contribution < 1.29 is 18.3 Å². The number of halogens is 2. The van der Waals surface area contributed by atoms with E-state index < -0.39 is 24.6 Å². The van der Waals surface area contributed by atoms with Crippen LogP contribution in [-0.4, -0.2) is 28.8 Å². The lowest BCUT2D eigenvalue weighted by atomic mass is 10.1. The molecular formula is C14H14F2N2O2. The molecular weight excluding hydrogens is 266 g/mol. The summed E-state index contributed by atoms with van der Waals surface area (Å²) in [4.78, 5) is 15.2. The van der Waals surface area contributed by atoms with Crippen molar-refractivity contribution in [1.29, 1.82) is 0 Å². The van der Waals surface area contributed by atoms with Gasteiger partial charge in [-0.05, 0) is 12.5 Å². The predicted molar refractivity (Wildman–Crippen MR) is 68.7 cm³/mol. The van der Waals surface area contributed by atoms with Gasteiger partial charge in [0.2, 0.25) is 5.95 Å². The molecule has 1 atom stereocenters. The highest BCUT2D eigenvalue weighted by Gasteiger charge is 2.25. The molecule has 0 saturated heterocycles. The van der Waals surface area contributed by atoms with Crippen LogP contribution in [0, 0.1) is 5.95 Å². The highest BCUT2D eigenvalue weighted by molar-refractivity contribution is 5.87. The maximum atomic E-state index is 13.6. The Kier molecular flexibility index (Phi) is 4.45. The van der Waals surface area contributed by atoms with Crippen LogP contribution >= 0.6 is 0 Å². The van der Waals surface area contributed by atoms with Gasteiger partial charge in [-0.15, -0.1) is 0 Å². The molecule has 106 valence electrons. The lowest BCUT2D eigenvalue weighted by Gasteiger charge is -2.17. The number of alkyl halides is 1. The van der Waals surface area contributed by atoms with Crippen LogP contribution in [0.1, 0.15) is 29.0 Å². The van der Waals surface area contributed by atoms with E-state index in [0.29, 0.717) is 5.56 Å². The van der Waals surface area contributed by atoms with Gasteiger partial charge in [0.15, 0.2) is 5.69 Å².